The SMILES string of the molecule is Cc1oncc1C1(C#N)CC1. The second kappa shape index (κ2) is 1.85. The van der Waals surface area contributed by atoms with Crippen molar-refractivity contribution in [2.24, 2.45) is 0 Å². The quantitative estimate of drug-likeness (QED) is 0.606. The van der Waals surface area contributed by atoms with Gasteiger partial charge in [-0.2, -0.15) is 5.26 Å². The predicted molar refractivity (Wildman–Crippen MR) is 37.8 cm³/mol. The van der Waals surface area contributed by atoms with E-state index in [0.717, 1.165) is 24.2 Å². The highest BCUT2D eigenvalue weighted by Gasteiger charge is 2.47. The Morgan fingerprint density at radius 2 is 2.45 bits per heavy atom. The average Bonchev–Trinajstić information content (AvgIpc) is 2.70. The molecule has 0 N–H and O–H groups in total. The van der Waals surface area contributed by atoms with E-state index < -0.39 is 0 Å². The zero-order valence-electron chi connectivity index (χ0n) is 6.29. The van der Waals surface area contributed by atoms with Crippen LogP contribution in [-0.4, -0.2) is 5.16 Å². The molecule has 3 heteroatoms. The third-order valence-corrected chi connectivity index (χ3v) is 2.23. The van der Waals surface area contributed by atoms with Crippen LogP contribution in [0.1, 0.15) is 24.2 Å². The van der Waals surface area contributed by atoms with Crippen molar-refractivity contribution < 1.29 is 4.52 Å². The van der Waals surface area contributed by atoms with E-state index in [1.54, 1.807) is 6.20 Å². The predicted octanol–water partition coefficient (Wildman–Crippen LogP) is 1.54. The number of aromatic nitrogens is 1. The standard InChI is InChI=1S/C8H8N2O/c1-6-7(4-10-11-6)8(5-9)2-3-8/h4H,2-3H2,1H3. The van der Waals surface area contributed by atoms with Crippen molar-refractivity contribution in [1.82, 2.24) is 5.16 Å². The van der Waals surface area contributed by atoms with Crippen LogP contribution in [0, 0.1) is 18.3 Å². The van der Waals surface area contributed by atoms with Crippen molar-refractivity contribution in [2.75, 3.05) is 0 Å². The van der Waals surface area contributed by atoms with E-state index in [1.165, 1.54) is 0 Å². The lowest BCUT2D eigenvalue weighted by atomic mass is 9.99. The Labute approximate surface area is 64.6 Å². The Kier molecular flexibility index (Phi) is 1.08. The normalized spacial score (nSPS) is 19.3. The topological polar surface area (TPSA) is 49.8 Å². The van der Waals surface area contributed by atoms with Crippen LogP contribution in [0.2, 0.25) is 0 Å². The van der Waals surface area contributed by atoms with Gasteiger partial charge in [-0.1, -0.05) is 5.16 Å². The summed E-state index contributed by atoms with van der Waals surface area (Å²) < 4.78 is 4.89. The van der Waals surface area contributed by atoms with Gasteiger partial charge in [0.1, 0.15) is 5.76 Å². The van der Waals surface area contributed by atoms with Gasteiger partial charge in [0.05, 0.1) is 17.7 Å². The highest BCUT2D eigenvalue weighted by atomic mass is 16.5. The monoisotopic (exact) mass is 148 g/mol. The fraction of sp³-hybridized carbons (Fsp3) is 0.500. The van der Waals surface area contributed by atoms with E-state index in [9.17, 15) is 0 Å². The van der Waals surface area contributed by atoms with Crippen molar-refractivity contribution in [3.8, 4) is 6.07 Å². The number of hydrogen-bond donors (Lipinski definition) is 0. The van der Waals surface area contributed by atoms with Gasteiger partial charge < -0.3 is 4.52 Å². The Morgan fingerprint density at radius 3 is 2.82 bits per heavy atom. The molecule has 0 bridgehead atoms. The lowest BCUT2D eigenvalue weighted by Gasteiger charge is -1.99. The van der Waals surface area contributed by atoms with Crippen LogP contribution in [0.15, 0.2) is 10.7 Å². The van der Waals surface area contributed by atoms with Crippen LogP contribution in [0.3, 0.4) is 0 Å². The van der Waals surface area contributed by atoms with Crippen LogP contribution >= 0.6 is 0 Å². The summed E-state index contributed by atoms with van der Waals surface area (Å²) in [5, 5.41) is 12.5. The van der Waals surface area contributed by atoms with Gasteiger partial charge in [-0.05, 0) is 19.8 Å². The van der Waals surface area contributed by atoms with Crippen LogP contribution < -0.4 is 0 Å². The van der Waals surface area contributed by atoms with E-state index in [-0.39, 0.29) is 5.41 Å². The number of nitriles is 1. The van der Waals surface area contributed by atoms with Crippen LogP contribution in [0.5, 0.6) is 0 Å². The molecule has 0 aromatic carbocycles. The van der Waals surface area contributed by atoms with Crippen LogP contribution in [0.25, 0.3) is 0 Å². The van der Waals surface area contributed by atoms with E-state index in [1.807, 2.05) is 6.92 Å². The van der Waals surface area contributed by atoms with Crippen molar-refractivity contribution in [3.63, 3.8) is 0 Å². The van der Waals surface area contributed by atoms with Crippen molar-refractivity contribution in [2.45, 2.75) is 25.2 Å². The highest BCUT2D eigenvalue weighted by molar-refractivity contribution is 5.38. The Morgan fingerprint density at radius 1 is 1.73 bits per heavy atom. The van der Waals surface area contributed by atoms with Gasteiger partial charge in [0.15, 0.2) is 0 Å². The maximum Gasteiger partial charge on any atom is 0.138 e. The van der Waals surface area contributed by atoms with Gasteiger partial charge in [0, 0.05) is 5.56 Å². The molecule has 0 amide bonds. The summed E-state index contributed by atoms with van der Waals surface area (Å²) in [7, 11) is 0. The molecule has 3 nitrogen and oxygen atoms in total. The molecule has 1 aromatic heterocycles. The third-order valence-electron chi connectivity index (χ3n) is 2.23. The fourth-order valence-electron chi connectivity index (χ4n) is 1.33. The van der Waals surface area contributed by atoms with Gasteiger partial charge in [-0.15, -0.1) is 0 Å². The summed E-state index contributed by atoms with van der Waals surface area (Å²) in [6, 6.07) is 2.30. The summed E-state index contributed by atoms with van der Waals surface area (Å²) in [6.45, 7) is 1.85. The van der Waals surface area contributed by atoms with Gasteiger partial charge in [0.2, 0.25) is 0 Å². The Hall–Kier alpha value is -1.30. The summed E-state index contributed by atoms with van der Waals surface area (Å²) in [6.07, 6.45) is 3.56. The lowest BCUT2D eigenvalue weighted by Crippen LogP contribution is -2.01. The molecule has 1 fully saturated rings. The molecule has 11 heavy (non-hydrogen) atoms. The van der Waals surface area contributed by atoms with Gasteiger partial charge in [0.25, 0.3) is 0 Å². The molecule has 0 atom stereocenters. The molecule has 0 radical (unpaired) electrons. The highest BCUT2D eigenvalue weighted by Crippen LogP contribution is 2.48. The Bertz CT molecular complexity index is 317. The van der Waals surface area contributed by atoms with Gasteiger partial charge >= 0.3 is 0 Å². The zero-order chi connectivity index (χ0) is 7.90. The van der Waals surface area contributed by atoms with Crippen molar-refractivity contribution in [1.29, 1.82) is 5.26 Å². The summed E-state index contributed by atoms with van der Waals surface area (Å²) in [5.41, 5.74) is 0.726. The maximum atomic E-state index is 8.83. The molecule has 1 aliphatic rings. The van der Waals surface area contributed by atoms with Crippen LogP contribution in [0.4, 0.5) is 0 Å². The molecule has 56 valence electrons. The Balaban J connectivity index is 2.45. The molecule has 2 rings (SSSR count). The number of rotatable bonds is 1. The fourth-order valence-corrected chi connectivity index (χ4v) is 1.33. The van der Waals surface area contributed by atoms with E-state index in [0.29, 0.717) is 0 Å². The van der Waals surface area contributed by atoms with Crippen molar-refractivity contribution >= 4 is 0 Å². The first-order chi connectivity index (χ1) is 5.28. The maximum absolute atomic E-state index is 8.83. The summed E-state index contributed by atoms with van der Waals surface area (Å²) >= 11 is 0. The summed E-state index contributed by atoms with van der Waals surface area (Å²) in [5.74, 6) is 0.782. The first kappa shape index (κ1) is 6.41. The third kappa shape index (κ3) is 0.758. The molecule has 1 saturated carbocycles. The molecule has 0 spiro atoms. The second-order valence-electron chi connectivity index (χ2n) is 2.99. The van der Waals surface area contributed by atoms with Crippen molar-refractivity contribution in [3.05, 3.63) is 17.5 Å². The molecule has 0 unspecified atom stereocenters. The molecular weight excluding hydrogens is 140 g/mol. The minimum Gasteiger partial charge on any atom is -0.361 e. The smallest absolute Gasteiger partial charge is 0.138 e. The minimum absolute atomic E-state index is 0.246. The second-order valence-corrected chi connectivity index (χ2v) is 2.99. The molecule has 0 aliphatic heterocycles. The number of aryl methyl sites for hydroxylation is 1. The molecular formula is C8H8N2O. The summed E-state index contributed by atoms with van der Waals surface area (Å²) in [4.78, 5) is 0. The van der Waals surface area contributed by atoms with Gasteiger partial charge in [-0.3, -0.25) is 0 Å². The van der Waals surface area contributed by atoms with E-state index in [2.05, 4.69) is 11.2 Å². The minimum atomic E-state index is -0.246. The zero-order valence-corrected chi connectivity index (χ0v) is 6.29. The largest absolute Gasteiger partial charge is 0.361 e. The molecule has 0 saturated heterocycles. The van der Waals surface area contributed by atoms with E-state index in [4.69, 9.17) is 9.78 Å². The number of nitrogens with zero attached hydrogens (tertiary/aromatic N) is 2. The van der Waals surface area contributed by atoms with Crippen LogP contribution in [-0.2, 0) is 5.41 Å². The molecule has 1 aromatic rings. The first-order valence-corrected chi connectivity index (χ1v) is 3.61. The lowest BCUT2D eigenvalue weighted by molar-refractivity contribution is 0.395. The first-order valence-electron chi connectivity index (χ1n) is 3.61. The molecule has 1 heterocycles. The molecule has 1 aliphatic carbocycles. The van der Waals surface area contributed by atoms with Gasteiger partial charge in [-0.25, -0.2) is 0 Å². The van der Waals surface area contributed by atoms with E-state index >= 15 is 0 Å². The average molecular weight is 148 g/mol. The number of hydrogen-bond acceptors (Lipinski definition) is 3.